The first kappa shape index (κ1) is 93.9. The number of carbonyl (C=O) groups is 10. The summed E-state index contributed by atoms with van der Waals surface area (Å²) >= 11 is 5.93. The molecule has 0 radical (unpaired) electrons. The van der Waals surface area contributed by atoms with Gasteiger partial charge in [-0.3, -0.25) is 52.8 Å². The monoisotopic (exact) mass is 1820 g/mol. The van der Waals surface area contributed by atoms with Gasteiger partial charge in [0.1, 0.15) is 83.8 Å². The van der Waals surface area contributed by atoms with E-state index in [1.807, 2.05) is 58.3 Å². The third-order valence-electron chi connectivity index (χ3n) is 26.2. The Bertz CT molecular complexity index is 4690. The molecule has 4 spiro atoms. The highest BCUT2D eigenvalue weighted by molar-refractivity contribution is 8.05. The lowest BCUT2D eigenvalue weighted by molar-refractivity contribution is -0.939. The number of quaternary nitrogens is 6. The molecule has 12 heterocycles. The van der Waals surface area contributed by atoms with Gasteiger partial charge in [0.2, 0.25) is 58.1 Å². The summed E-state index contributed by atoms with van der Waals surface area (Å²) in [5.41, 5.74) is 4.82. The molecule has 8 saturated heterocycles. The number of nitrogens with two attached hydrogens (primary N) is 4. The molecule has 4 aromatic carbocycles. The smallest absolute Gasteiger partial charge is 0.243 e. The van der Waals surface area contributed by atoms with Crippen LogP contribution < -0.4 is 106 Å². The number of nitrogens with zero attached hydrogens (tertiary/aromatic N) is 2. The summed E-state index contributed by atoms with van der Waals surface area (Å²) in [7, 11) is 0. The Morgan fingerprint density at radius 3 is 1.14 bits per heavy atom. The van der Waals surface area contributed by atoms with Crippen molar-refractivity contribution in [2.45, 2.75) is 125 Å². The average Bonchev–Trinajstić information content (AvgIpc) is 0.752. The van der Waals surface area contributed by atoms with Gasteiger partial charge in [0.05, 0.1) is 84.7 Å². The Labute approximate surface area is 747 Å². The Hall–Kier alpha value is -5.80. The molecule has 642 valence electrons. The SMILES string of the molecule is O=C1C(=O)c2ccc([NH+]3CCOCC3)cc2C2=C1SCC1(CC[NH2+]CC1)O2.O=C1C(=O)c2ccccc2C2=C1SCC1(CCN(C(=O)C3CC[NH2+]CC3)CC1)O2.O=C1C(=O)c2ccccc2C2=C1SCC1(CCN(C(=O)CC3CC[NH2+]CC3)CC1)O2.O=C1C(=O)c2ccccc2C2=C1SCC1(CC[NH+](C3CC[NH2+]CC3)CC1)O2.[Cl-].[Cl-].[Cl-].[Cl-].[Cl-].[Cl-]. The number of morpholine rings is 1. The largest absolute Gasteiger partial charge is 1.00 e. The molecule has 16 aliphatic rings. The number of hydrogen-bond acceptors (Lipinski definition) is 19. The molecule has 0 bridgehead atoms. The summed E-state index contributed by atoms with van der Waals surface area (Å²) in [6.45, 7) is 17.3. The number of thioether (sulfide) groups is 4. The van der Waals surface area contributed by atoms with Crippen molar-refractivity contribution in [1.29, 1.82) is 0 Å². The predicted octanol–water partition coefficient (Wildman–Crippen LogP) is -15.6. The van der Waals surface area contributed by atoms with E-state index < -0.39 is 46.3 Å². The average molecular weight is 1830 g/mol. The van der Waals surface area contributed by atoms with E-state index in [0.29, 0.717) is 121 Å². The molecular formula is C86H102Cl6N8O15S4. The number of benzene rings is 4. The highest BCUT2D eigenvalue weighted by atomic mass is 35.5. The second-order valence-corrected chi connectivity index (χ2v) is 37.1. The standard InChI is InChI=1S/C23H26N2O4S.C22H24N2O4S.C21H24N2O3S.C20H22N2O4S.6ClH/c26-18(13-15-5-9-24-10-6-15)25-11-7-23(8-12-25)14-30-22-20(28)19(27)16-3-1-2-4-17(16)21(22)29-23;25-17-15-3-1-2-4-16(15)19-20(18(17)26)29-13-22(28-19)7-11-24(12-8-22)21(27)14-5-9-23-10-6-14;24-17-15-3-1-2-4-16(15)19-20(18(17)25)27-13-21(26-19)7-11-23(12-8-21)14-5-9-22-10-6-14;23-16-14-2-1-13(22-7-9-25-10-8-22)11-15(14)18-19(17(16)24)27-12-20(26-18)3-5-21-6-4-20;;;;;;/h1-4,15,24H,5-14H2;1-4,14,23H,5-13H2;1-4,14,22H,5-13H2;1-2,11,21H,3-10,12H2;6*1H. The van der Waals surface area contributed by atoms with Crippen LogP contribution in [0.25, 0.3) is 23.0 Å². The van der Waals surface area contributed by atoms with E-state index in [-0.39, 0.29) is 109 Å². The molecule has 0 atom stereocenters. The van der Waals surface area contributed by atoms with Crippen molar-refractivity contribution in [2.75, 3.05) is 141 Å². The third kappa shape index (κ3) is 19.2. The summed E-state index contributed by atoms with van der Waals surface area (Å²) in [5, 5.41) is 9.34. The van der Waals surface area contributed by atoms with E-state index >= 15 is 0 Å². The fourth-order valence-corrected chi connectivity index (χ4v) is 24.3. The number of hydrogen-bond donors (Lipinski definition) is 6. The summed E-state index contributed by atoms with van der Waals surface area (Å²) in [6, 6.07) is 28.4. The van der Waals surface area contributed by atoms with E-state index in [1.54, 1.807) is 41.3 Å². The Morgan fingerprint density at radius 1 is 0.378 bits per heavy atom. The maximum absolute atomic E-state index is 12.9. The number of Topliss-reactive ketones (excluding diaryl/α,β-unsaturated/α-hetero) is 8. The van der Waals surface area contributed by atoms with Crippen LogP contribution in [-0.4, -0.2) is 237 Å². The number of piperidine rings is 7. The van der Waals surface area contributed by atoms with Crippen LogP contribution in [0.5, 0.6) is 0 Å². The molecule has 23 nitrogen and oxygen atoms in total. The zero-order chi connectivity index (χ0) is 77.6. The van der Waals surface area contributed by atoms with Crippen LogP contribution in [-0.2, 0) is 52.5 Å². The maximum Gasteiger partial charge on any atom is 0.243 e. The first-order chi connectivity index (χ1) is 55.0. The van der Waals surface area contributed by atoms with Crippen LogP contribution >= 0.6 is 47.0 Å². The van der Waals surface area contributed by atoms with Crippen molar-refractivity contribution in [1.82, 2.24) is 9.80 Å². The van der Waals surface area contributed by atoms with Crippen molar-refractivity contribution >= 4 is 134 Å². The van der Waals surface area contributed by atoms with Gasteiger partial charge in [0.15, 0.2) is 0 Å². The molecule has 12 aliphatic heterocycles. The highest BCUT2D eigenvalue weighted by Crippen LogP contribution is 2.52. The minimum Gasteiger partial charge on any atom is -1.00 e. The van der Waals surface area contributed by atoms with Gasteiger partial charge in [-0.1, -0.05) is 72.8 Å². The molecule has 8 fully saturated rings. The van der Waals surface area contributed by atoms with Gasteiger partial charge in [-0.2, -0.15) is 0 Å². The van der Waals surface area contributed by atoms with E-state index in [9.17, 15) is 47.9 Å². The van der Waals surface area contributed by atoms with Gasteiger partial charge in [-0.05, 0) is 30.9 Å². The summed E-state index contributed by atoms with van der Waals surface area (Å²) in [5.74, 6) is 3.06. The van der Waals surface area contributed by atoms with Crippen molar-refractivity contribution in [2.24, 2.45) is 11.8 Å². The number of rotatable bonds is 5. The summed E-state index contributed by atoms with van der Waals surface area (Å²) in [6.07, 6.45) is 14.5. The van der Waals surface area contributed by atoms with Crippen LogP contribution in [0.1, 0.15) is 160 Å². The van der Waals surface area contributed by atoms with Gasteiger partial charge in [-0.25, -0.2) is 0 Å². The first-order valence-electron chi connectivity index (χ1n) is 41.1. The molecule has 0 saturated carbocycles. The highest BCUT2D eigenvalue weighted by Gasteiger charge is 2.53. The molecule has 2 amide bonds. The topological polar surface area (TPSA) is 299 Å². The zero-order valence-electron chi connectivity index (χ0n) is 66.3. The number of nitrogens with one attached hydrogen (secondary N) is 2. The molecule has 10 N–H and O–H groups in total. The van der Waals surface area contributed by atoms with Crippen molar-refractivity contribution in [3.8, 4) is 0 Å². The molecule has 119 heavy (non-hydrogen) atoms. The number of amides is 2. The molecule has 20 rings (SSSR count). The Balaban J connectivity index is 0.000000153. The maximum atomic E-state index is 12.9. The van der Waals surface area contributed by atoms with E-state index in [2.05, 4.69) is 27.3 Å². The number of ether oxygens (including phenoxy) is 5. The fraction of sp³-hybridized carbons (Fsp3) is 0.512. The minimum atomic E-state index is -0.458. The normalized spacial score (nSPS) is 24.8. The molecular weight excluding hydrogens is 1730 g/mol. The Morgan fingerprint density at radius 2 is 0.723 bits per heavy atom. The number of ketones is 8. The predicted molar refractivity (Wildman–Crippen MR) is 428 cm³/mol. The summed E-state index contributed by atoms with van der Waals surface area (Å²) < 4.78 is 31.5. The van der Waals surface area contributed by atoms with Crippen LogP contribution in [0.4, 0.5) is 5.69 Å². The lowest BCUT2D eigenvalue weighted by atomic mass is 9.89. The van der Waals surface area contributed by atoms with Gasteiger partial charge in [0.25, 0.3) is 0 Å². The molecule has 33 heteroatoms. The van der Waals surface area contributed by atoms with Crippen molar-refractivity contribution in [3.63, 3.8) is 0 Å². The van der Waals surface area contributed by atoms with Crippen LogP contribution in [0.15, 0.2) is 111 Å². The first-order valence-corrected chi connectivity index (χ1v) is 45.1. The van der Waals surface area contributed by atoms with E-state index in [0.717, 1.165) is 201 Å². The quantitative estimate of drug-likeness (QED) is 0.101. The van der Waals surface area contributed by atoms with Gasteiger partial charge in [0, 0.05) is 189 Å². The Kier molecular flexibility index (Phi) is 31.9. The second kappa shape index (κ2) is 40.5. The second-order valence-electron chi connectivity index (χ2n) is 33.2. The minimum absolute atomic E-state index is 0. The third-order valence-corrected chi connectivity index (χ3v) is 31.5. The van der Waals surface area contributed by atoms with E-state index in [4.69, 9.17) is 23.7 Å². The fourth-order valence-electron chi connectivity index (χ4n) is 19.3. The zero-order valence-corrected chi connectivity index (χ0v) is 74.1. The molecule has 4 aliphatic carbocycles. The van der Waals surface area contributed by atoms with Gasteiger partial charge < -0.3 is 134 Å². The van der Waals surface area contributed by atoms with Crippen molar-refractivity contribution < 1.29 is 177 Å². The number of carbonyl (C=O) groups excluding carboxylic acids is 10. The number of halogens is 6. The van der Waals surface area contributed by atoms with Crippen molar-refractivity contribution in [3.05, 3.63) is 155 Å². The number of likely N-dealkylation sites (tertiary alicyclic amines) is 3. The van der Waals surface area contributed by atoms with Crippen LogP contribution in [0.3, 0.4) is 0 Å². The van der Waals surface area contributed by atoms with E-state index in [1.165, 1.54) is 77.9 Å². The number of fused-ring (bicyclic) bond motifs is 8. The summed E-state index contributed by atoms with van der Waals surface area (Å²) in [4.78, 5) is 135. The van der Waals surface area contributed by atoms with Crippen LogP contribution in [0, 0.1) is 11.8 Å². The lowest BCUT2D eigenvalue weighted by Gasteiger charge is -2.46. The molecule has 4 aromatic rings. The lowest BCUT2D eigenvalue weighted by Crippen LogP contribution is -3.18. The van der Waals surface area contributed by atoms with Crippen LogP contribution in [0.2, 0.25) is 0 Å². The number of allylic oxidation sites excluding steroid dienone is 4. The molecule has 0 unspecified atom stereocenters. The van der Waals surface area contributed by atoms with Gasteiger partial charge >= 0.3 is 0 Å². The van der Waals surface area contributed by atoms with Gasteiger partial charge in [-0.15, -0.1) is 47.0 Å². The molecule has 0 aromatic heterocycles.